The Hall–Kier alpha value is -0.0800. The highest BCUT2D eigenvalue weighted by Gasteiger charge is 2.19. The topological polar surface area (TPSA) is 21.3 Å². The fourth-order valence-electron chi connectivity index (χ4n) is 2.51. The monoisotopic (exact) mass is 241 g/mol. The molecule has 0 spiro atoms. The van der Waals surface area contributed by atoms with Gasteiger partial charge in [-0.3, -0.25) is 0 Å². The van der Waals surface area contributed by atoms with Crippen LogP contribution in [0.1, 0.15) is 53.4 Å². The van der Waals surface area contributed by atoms with Crippen molar-refractivity contribution >= 4 is 0 Å². The molecular weight excluding hydrogens is 210 g/mol. The van der Waals surface area contributed by atoms with E-state index in [9.17, 15) is 0 Å². The minimum atomic E-state index is 0.534. The molecule has 1 rings (SSSR count). The summed E-state index contributed by atoms with van der Waals surface area (Å²) in [5.74, 6) is 2.23. The molecule has 0 aromatic heterocycles. The Morgan fingerprint density at radius 3 is 2.59 bits per heavy atom. The van der Waals surface area contributed by atoms with Gasteiger partial charge in [0.25, 0.3) is 0 Å². The summed E-state index contributed by atoms with van der Waals surface area (Å²) >= 11 is 0. The van der Waals surface area contributed by atoms with E-state index >= 15 is 0 Å². The van der Waals surface area contributed by atoms with Gasteiger partial charge in [0.05, 0.1) is 12.7 Å². The predicted octanol–water partition coefficient (Wildman–Crippen LogP) is 3.46. The molecule has 1 aliphatic rings. The number of rotatable bonds is 7. The molecular formula is C15H31NO. The Kier molecular flexibility index (Phi) is 7.14. The van der Waals surface area contributed by atoms with Crippen molar-refractivity contribution in [1.82, 2.24) is 5.32 Å². The average molecular weight is 241 g/mol. The SMILES string of the molecule is CC(C)CNCC(C)COC1CCCC(C)C1. The standard InChI is InChI=1S/C15H31NO/c1-12(2)9-16-10-14(4)11-17-15-7-5-6-13(3)8-15/h12-16H,5-11H2,1-4H3. The van der Waals surface area contributed by atoms with Crippen LogP contribution in [0.4, 0.5) is 0 Å². The van der Waals surface area contributed by atoms with Gasteiger partial charge in [0.15, 0.2) is 0 Å². The Morgan fingerprint density at radius 1 is 1.18 bits per heavy atom. The Morgan fingerprint density at radius 2 is 1.94 bits per heavy atom. The zero-order valence-corrected chi connectivity index (χ0v) is 12.2. The lowest BCUT2D eigenvalue weighted by Gasteiger charge is -2.28. The van der Waals surface area contributed by atoms with E-state index in [0.29, 0.717) is 12.0 Å². The molecule has 17 heavy (non-hydrogen) atoms. The van der Waals surface area contributed by atoms with Crippen LogP contribution < -0.4 is 5.32 Å². The van der Waals surface area contributed by atoms with E-state index < -0.39 is 0 Å². The van der Waals surface area contributed by atoms with Crippen LogP contribution in [0.3, 0.4) is 0 Å². The molecule has 0 aromatic rings. The van der Waals surface area contributed by atoms with Crippen molar-refractivity contribution in [2.75, 3.05) is 19.7 Å². The van der Waals surface area contributed by atoms with Crippen LogP contribution in [0.5, 0.6) is 0 Å². The van der Waals surface area contributed by atoms with E-state index in [2.05, 4.69) is 33.0 Å². The molecule has 1 saturated carbocycles. The van der Waals surface area contributed by atoms with Crippen LogP contribution in [-0.4, -0.2) is 25.8 Å². The minimum Gasteiger partial charge on any atom is -0.378 e. The molecule has 0 saturated heterocycles. The molecule has 0 bridgehead atoms. The average Bonchev–Trinajstić information content (AvgIpc) is 2.26. The van der Waals surface area contributed by atoms with E-state index in [1.807, 2.05) is 0 Å². The van der Waals surface area contributed by atoms with Crippen molar-refractivity contribution in [3.63, 3.8) is 0 Å². The summed E-state index contributed by atoms with van der Waals surface area (Å²) < 4.78 is 6.03. The Bertz CT molecular complexity index is 193. The first-order chi connectivity index (χ1) is 8.08. The molecule has 1 fully saturated rings. The maximum atomic E-state index is 6.03. The van der Waals surface area contributed by atoms with E-state index in [0.717, 1.165) is 31.5 Å². The fraction of sp³-hybridized carbons (Fsp3) is 1.00. The molecule has 0 radical (unpaired) electrons. The summed E-state index contributed by atoms with van der Waals surface area (Å²) in [4.78, 5) is 0. The van der Waals surface area contributed by atoms with Crippen molar-refractivity contribution < 1.29 is 4.74 Å². The normalized spacial score (nSPS) is 27.4. The second kappa shape index (κ2) is 8.10. The van der Waals surface area contributed by atoms with Gasteiger partial charge in [-0.1, -0.05) is 40.5 Å². The van der Waals surface area contributed by atoms with Gasteiger partial charge in [0.2, 0.25) is 0 Å². The first-order valence-corrected chi connectivity index (χ1v) is 7.40. The lowest BCUT2D eigenvalue weighted by atomic mass is 9.89. The molecule has 0 aliphatic heterocycles. The van der Waals surface area contributed by atoms with Crippen LogP contribution in [0.25, 0.3) is 0 Å². The van der Waals surface area contributed by atoms with E-state index in [4.69, 9.17) is 4.74 Å². The van der Waals surface area contributed by atoms with Crippen molar-refractivity contribution in [1.29, 1.82) is 0 Å². The number of ether oxygens (including phenoxy) is 1. The van der Waals surface area contributed by atoms with Crippen LogP contribution in [0, 0.1) is 17.8 Å². The number of hydrogen-bond acceptors (Lipinski definition) is 2. The second-order valence-electron chi connectivity index (χ2n) is 6.38. The third-order valence-electron chi connectivity index (χ3n) is 3.55. The predicted molar refractivity (Wildman–Crippen MR) is 74.2 cm³/mol. The summed E-state index contributed by atoms with van der Waals surface area (Å²) in [6, 6.07) is 0. The lowest BCUT2D eigenvalue weighted by molar-refractivity contribution is -0.000281. The molecule has 2 heteroatoms. The number of hydrogen-bond donors (Lipinski definition) is 1. The molecule has 3 unspecified atom stereocenters. The van der Waals surface area contributed by atoms with Crippen molar-refractivity contribution in [3.8, 4) is 0 Å². The largest absolute Gasteiger partial charge is 0.378 e. The third-order valence-corrected chi connectivity index (χ3v) is 3.55. The highest BCUT2D eigenvalue weighted by atomic mass is 16.5. The summed E-state index contributed by atoms with van der Waals surface area (Å²) in [6.07, 6.45) is 5.83. The van der Waals surface area contributed by atoms with Crippen molar-refractivity contribution in [2.45, 2.75) is 59.5 Å². The lowest BCUT2D eigenvalue weighted by Crippen LogP contribution is -2.29. The van der Waals surface area contributed by atoms with Crippen molar-refractivity contribution in [2.24, 2.45) is 17.8 Å². The molecule has 0 amide bonds. The van der Waals surface area contributed by atoms with Gasteiger partial charge in [0, 0.05) is 0 Å². The molecule has 2 nitrogen and oxygen atoms in total. The van der Waals surface area contributed by atoms with Crippen molar-refractivity contribution in [3.05, 3.63) is 0 Å². The molecule has 1 N–H and O–H groups in total. The fourth-order valence-corrected chi connectivity index (χ4v) is 2.51. The summed E-state index contributed by atoms with van der Waals surface area (Å²) in [5.41, 5.74) is 0. The second-order valence-corrected chi connectivity index (χ2v) is 6.38. The molecule has 0 heterocycles. The smallest absolute Gasteiger partial charge is 0.0577 e. The van der Waals surface area contributed by atoms with Gasteiger partial charge in [0.1, 0.15) is 0 Å². The van der Waals surface area contributed by atoms with Gasteiger partial charge in [-0.25, -0.2) is 0 Å². The number of nitrogens with one attached hydrogen (secondary N) is 1. The van der Waals surface area contributed by atoms with Crippen LogP contribution >= 0.6 is 0 Å². The van der Waals surface area contributed by atoms with E-state index in [1.54, 1.807) is 0 Å². The molecule has 1 aliphatic carbocycles. The van der Waals surface area contributed by atoms with E-state index in [1.165, 1.54) is 25.7 Å². The maximum Gasteiger partial charge on any atom is 0.0577 e. The first-order valence-electron chi connectivity index (χ1n) is 7.40. The van der Waals surface area contributed by atoms with Gasteiger partial charge in [-0.15, -0.1) is 0 Å². The van der Waals surface area contributed by atoms with Gasteiger partial charge >= 0.3 is 0 Å². The Labute approximate surface area is 108 Å². The van der Waals surface area contributed by atoms with Gasteiger partial charge < -0.3 is 10.1 Å². The molecule has 102 valence electrons. The van der Waals surface area contributed by atoms with Crippen LogP contribution in [0.2, 0.25) is 0 Å². The zero-order chi connectivity index (χ0) is 12.7. The first kappa shape index (κ1) is 15.0. The zero-order valence-electron chi connectivity index (χ0n) is 12.2. The van der Waals surface area contributed by atoms with Crippen LogP contribution in [0.15, 0.2) is 0 Å². The quantitative estimate of drug-likeness (QED) is 0.737. The van der Waals surface area contributed by atoms with Crippen LogP contribution in [-0.2, 0) is 4.74 Å². The van der Waals surface area contributed by atoms with E-state index in [-0.39, 0.29) is 0 Å². The summed E-state index contributed by atoms with van der Waals surface area (Å²) in [6.45, 7) is 12.2. The Balaban J connectivity index is 2.04. The summed E-state index contributed by atoms with van der Waals surface area (Å²) in [5, 5.41) is 3.50. The third kappa shape index (κ3) is 7.05. The molecule has 3 atom stereocenters. The summed E-state index contributed by atoms with van der Waals surface area (Å²) in [7, 11) is 0. The maximum absolute atomic E-state index is 6.03. The van der Waals surface area contributed by atoms with Gasteiger partial charge in [-0.05, 0) is 43.7 Å². The highest BCUT2D eigenvalue weighted by Crippen LogP contribution is 2.25. The minimum absolute atomic E-state index is 0.534. The highest BCUT2D eigenvalue weighted by molar-refractivity contribution is 4.71. The van der Waals surface area contributed by atoms with Gasteiger partial charge in [-0.2, -0.15) is 0 Å². The molecule has 0 aromatic carbocycles.